The number of amides is 1. The molecule has 1 atom stereocenters. The van der Waals surface area contributed by atoms with Crippen LogP contribution >= 0.6 is 0 Å². The van der Waals surface area contributed by atoms with Crippen molar-refractivity contribution in [3.05, 3.63) is 29.8 Å². The van der Waals surface area contributed by atoms with Gasteiger partial charge in [0.15, 0.2) is 9.84 Å². The first-order valence-electron chi connectivity index (χ1n) is 9.24. The van der Waals surface area contributed by atoms with E-state index in [0.29, 0.717) is 19.3 Å². The third kappa shape index (κ3) is 4.75. The predicted molar refractivity (Wildman–Crippen MR) is 101 cm³/mol. The number of aryl methyl sites for hydroxylation is 1. The number of nitrogens with zero attached hydrogens (tertiary/aromatic N) is 2. The number of carbonyl (C=O) groups is 1. The van der Waals surface area contributed by atoms with Gasteiger partial charge in [0.1, 0.15) is 0 Å². The molecule has 0 radical (unpaired) electrons. The van der Waals surface area contributed by atoms with Gasteiger partial charge in [0, 0.05) is 38.3 Å². The molecule has 1 aromatic carbocycles. The molecule has 1 unspecified atom stereocenters. The van der Waals surface area contributed by atoms with Crippen LogP contribution in [0.4, 0.5) is 5.69 Å². The molecule has 3 rings (SSSR count). The first-order valence-corrected chi connectivity index (χ1v) is 11.1. The van der Waals surface area contributed by atoms with Crippen LogP contribution in [0.5, 0.6) is 0 Å². The lowest BCUT2D eigenvalue weighted by atomic mass is 10.1. The smallest absolute Gasteiger partial charge is 0.222 e. The molecule has 2 aliphatic heterocycles. The van der Waals surface area contributed by atoms with Crippen molar-refractivity contribution < 1.29 is 13.2 Å². The first kappa shape index (κ1) is 18.2. The van der Waals surface area contributed by atoms with Gasteiger partial charge in [0.25, 0.3) is 0 Å². The molecule has 0 aliphatic carbocycles. The number of hydrogen-bond donors (Lipinski definition) is 0. The summed E-state index contributed by atoms with van der Waals surface area (Å²) in [6, 6.07) is 8.37. The van der Waals surface area contributed by atoms with Gasteiger partial charge in [-0.15, -0.1) is 0 Å². The zero-order valence-corrected chi connectivity index (χ0v) is 15.8. The van der Waals surface area contributed by atoms with Crippen LogP contribution in [-0.4, -0.2) is 56.9 Å². The monoisotopic (exact) mass is 364 g/mol. The van der Waals surface area contributed by atoms with Crippen LogP contribution in [0.3, 0.4) is 0 Å². The van der Waals surface area contributed by atoms with Crippen molar-refractivity contribution in [1.29, 1.82) is 0 Å². The van der Waals surface area contributed by atoms with Crippen molar-refractivity contribution in [3.8, 4) is 0 Å². The van der Waals surface area contributed by atoms with Crippen molar-refractivity contribution in [2.24, 2.45) is 0 Å². The Morgan fingerprint density at radius 2 is 1.84 bits per heavy atom. The summed E-state index contributed by atoms with van der Waals surface area (Å²) < 4.78 is 23.1. The second-order valence-electron chi connectivity index (χ2n) is 7.28. The Morgan fingerprint density at radius 1 is 1.16 bits per heavy atom. The summed E-state index contributed by atoms with van der Waals surface area (Å²) in [5.74, 6) is 0.342. The van der Waals surface area contributed by atoms with E-state index >= 15 is 0 Å². The van der Waals surface area contributed by atoms with Gasteiger partial charge in [0.2, 0.25) is 5.91 Å². The first-order chi connectivity index (χ1) is 11.9. The van der Waals surface area contributed by atoms with Gasteiger partial charge in [0.05, 0.1) is 11.5 Å². The summed E-state index contributed by atoms with van der Waals surface area (Å²) in [5.41, 5.74) is 2.42. The Morgan fingerprint density at radius 3 is 2.44 bits per heavy atom. The maximum atomic E-state index is 12.4. The van der Waals surface area contributed by atoms with Crippen molar-refractivity contribution in [1.82, 2.24) is 4.90 Å². The zero-order chi connectivity index (χ0) is 17.9. The standard InChI is InChI=1S/C19H28N2O3S/c1-20(18-11-14-25(23,24)15-18)19(22)10-7-16-5-8-17(9-6-16)21-12-3-2-4-13-21/h5-6,8-9,18H,2-4,7,10-15H2,1H3. The average Bonchev–Trinajstić information content (AvgIpc) is 3.00. The summed E-state index contributed by atoms with van der Waals surface area (Å²) in [7, 11) is -1.23. The molecule has 25 heavy (non-hydrogen) atoms. The molecule has 2 heterocycles. The van der Waals surface area contributed by atoms with E-state index in [1.807, 2.05) is 0 Å². The van der Waals surface area contributed by atoms with Gasteiger partial charge in [-0.05, 0) is 49.8 Å². The highest BCUT2D eigenvalue weighted by molar-refractivity contribution is 7.91. The second-order valence-corrected chi connectivity index (χ2v) is 9.50. The number of hydrogen-bond acceptors (Lipinski definition) is 4. The highest BCUT2D eigenvalue weighted by atomic mass is 32.2. The number of anilines is 1. The van der Waals surface area contributed by atoms with E-state index < -0.39 is 9.84 Å². The molecule has 1 aromatic rings. The van der Waals surface area contributed by atoms with Gasteiger partial charge < -0.3 is 9.80 Å². The van der Waals surface area contributed by atoms with E-state index in [9.17, 15) is 13.2 Å². The lowest BCUT2D eigenvalue weighted by Crippen LogP contribution is -2.37. The van der Waals surface area contributed by atoms with E-state index in [1.54, 1.807) is 11.9 Å². The fourth-order valence-corrected chi connectivity index (χ4v) is 5.51. The highest BCUT2D eigenvalue weighted by Gasteiger charge is 2.32. The topological polar surface area (TPSA) is 57.7 Å². The molecular weight excluding hydrogens is 336 g/mol. The Hall–Kier alpha value is -1.56. The Bertz CT molecular complexity index is 694. The van der Waals surface area contributed by atoms with Gasteiger partial charge in [-0.1, -0.05) is 12.1 Å². The second kappa shape index (κ2) is 7.77. The minimum atomic E-state index is -2.96. The van der Waals surface area contributed by atoms with Crippen molar-refractivity contribution in [2.75, 3.05) is 36.5 Å². The zero-order valence-electron chi connectivity index (χ0n) is 15.0. The molecule has 2 saturated heterocycles. The van der Waals surface area contributed by atoms with Crippen LogP contribution in [0, 0.1) is 0 Å². The minimum absolute atomic E-state index is 0.0298. The number of sulfone groups is 1. The Kier molecular flexibility index (Phi) is 5.67. The third-order valence-corrected chi connectivity index (χ3v) is 7.18. The van der Waals surface area contributed by atoms with Gasteiger partial charge in [-0.2, -0.15) is 0 Å². The Balaban J connectivity index is 1.50. The summed E-state index contributed by atoms with van der Waals surface area (Å²) in [5, 5.41) is 0. The number of piperidine rings is 1. The molecule has 0 N–H and O–H groups in total. The number of benzene rings is 1. The normalized spacial score (nSPS) is 22.8. The van der Waals surface area contributed by atoms with Gasteiger partial charge in [-0.25, -0.2) is 8.42 Å². The van der Waals surface area contributed by atoms with Crippen LogP contribution in [0.1, 0.15) is 37.7 Å². The molecule has 5 nitrogen and oxygen atoms in total. The minimum Gasteiger partial charge on any atom is -0.372 e. The van der Waals surface area contributed by atoms with E-state index in [1.165, 1.54) is 24.9 Å². The molecular formula is C19H28N2O3S. The van der Waals surface area contributed by atoms with Crippen LogP contribution < -0.4 is 4.90 Å². The maximum Gasteiger partial charge on any atom is 0.222 e. The van der Waals surface area contributed by atoms with E-state index in [4.69, 9.17) is 0 Å². The van der Waals surface area contributed by atoms with Crippen molar-refractivity contribution in [2.45, 2.75) is 44.6 Å². The molecule has 2 aliphatic rings. The molecule has 0 saturated carbocycles. The number of carbonyl (C=O) groups excluding carboxylic acids is 1. The molecule has 0 aromatic heterocycles. The van der Waals surface area contributed by atoms with Gasteiger partial charge in [-0.3, -0.25) is 4.79 Å². The van der Waals surface area contributed by atoms with Crippen LogP contribution in [0.15, 0.2) is 24.3 Å². The molecule has 2 fully saturated rings. The molecule has 1 amide bonds. The average molecular weight is 365 g/mol. The molecule has 6 heteroatoms. The largest absolute Gasteiger partial charge is 0.372 e. The predicted octanol–water partition coefficient (Wildman–Crippen LogP) is 2.26. The lowest BCUT2D eigenvalue weighted by Gasteiger charge is -2.29. The van der Waals surface area contributed by atoms with E-state index in [-0.39, 0.29) is 23.5 Å². The molecule has 0 spiro atoms. The fourth-order valence-electron chi connectivity index (χ4n) is 3.74. The summed E-state index contributed by atoms with van der Waals surface area (Å²) in [6.07, 6.45) is 5.54. The number of rotatable bonds is 5. The SMILES string of the molecule is CN(C(=O)CCc1ccc(N2CCCCC2)cc1)C1CCS(=O)(=O)C1. The summed E-state index contributed by atoms with van der Waals surface area (Å²) in [4.78, 5) is 16.4. The van der Waals surface area contributed by atoms with Crippen molar-refractivity contribution >= 4 is 21.4 Å². The quantitative estimate of drug-likeness (QED) is 0.804. The van der Waals surface area contributed by atoms with E-state index in [0.717, 1.165) is 18.7 Å². The summed E-state index contributed by atoms with van der Waals surface area (Å²) >= 11 is 0. The fraction of sp³-hybridized carbons (Fsp3) is 0.632. The molecule has 0 bridgehead atoms. The Labute approximate surface area is 150 Å². The maximum absolute atomic E-state index is 12.4. The van der Waals surface area contributed by atoms with Crippen LogP contribution in [0.2, 0.25) is 0 Å². The van der Waals surface area contributed by atoms with Crippen molar-refractivity contribution in [3.63, 3.8) is 0 Å². The summed E-state index contributed by atoms with van der Waals surface area (Å²) in [6.45, 7) is 2.26. The highest BCUT2D eigenvalue weighted by Crippen LogP contribution is 2.21. The van der Waals surface area contributed by atoms with Gasteiger partial charge >= 0.3 is 0 Å². The molecule has 138 valence electrons. The lowest BCUT2D eigenvalue weighted by molar-refractivity contribution is -0.131. The van der Waals surface area contributed by atoms with E-state index in [2.05, 4.69) is 29.2 Å². The van der Waals surface area contributed by atoms with Crippen LogP contribution in [0.25, 0.3) is 0 Å². The van der Waals surface area contributed by atoms with Crippen LogP contribution in [-0.2, 0) is 21.1 Å². The third-order valence-electron chi connectivity index (χ3n) is 5.43.